The van der Waals surface area contributed by atoms with Crippen molar-refractivity contribution in [1.82, 2.24) is 5.32 Å². The van der Waals surface area contributed by atoms with E-state index >= 15 is 0 Å². The highest BCUT2D eigenvalue weighted by Gasteiger charge is 2.14. The van der Waals surface area contributed by atoms with E-state index in [-0.39, 0.29) is 5.91 Å². The standard InChI is InChI=1S/C22H25NO5/c1-22(2,25)11-10-15-6-8-17(9-7-15)21(24)23-14-16-12-18(26-3)20(28-5)19(13-16)27-4/h6-9,12-13,25H,14H2,1-5H3,(H,23,24). The molecule has 0 bridgehead atoms. The first-order valence-electron chi connectivity index (χ1n) is 8.70. The van der Waals surface area contributed by atoms with Gasteiger partial charge in [-0.05, 0) is 55.8 Å². The summed E-state index contributed by atoms with van der Waals surface area (Å²) < 4.78 is 15.9. The van der Waals surface area contributed by atoms with Crippen molar-refractivity contribution in [2.75, 3.05) is 21.3 Å². The lowest BCUT2D eigenvalue weighted by Crippen LogP contribution is -2.22. The number of rotatable bonds is 6. The molecule has 0 aliphatic carbocycles. The monoisotopic (exact) mass is 383 g/mol. The highest BCUT2D eigenvalue weighted by molar-refractivity contribution is 5.94. The van der Waals surface area contributed by atoms with E-state index in [4.69, 9.17) is 14.2 Å². The van der Waals surface area contributed by atoms with Crippen LogP contribution in [0.15, 0.2) is 36.4 Å². The molecule has 0 heterocycles. The van der Waals surface area contributed by atoms with Gasteiger partial charge in [-0.25, -0.2) is 0 Å². The Labute approximate surface area is 165 Å². The van der Waals surface area contributed by atoms with Gasteiger partial charge in [-0.15, -0.1) is 0 Å². The molecule has 148 valence electrons. The van der Waals surface area contributed by atoms with E-state index < -0.39 is 5.60 Å². The minimum Gasteiger partial charge on any atom is -0.493 e. The molecular formula is C22H25NO5. The van der Waals surface area contributed by atoms with Crippen molar-refractivity contribution in [1.29, 1.82) is 0 Å². The van der Waals surface area contributed by atoms with Gasteiger partial charge in [0.15, 0.2) is 11.5 Å². The van der Waals surface area contributed by atoms with Crippen LogP contribution in [0.4, 0.5) is 0 Å². The highest BCUT2D eigenvalue weighted by Crippen LogP contribution is 2.38. The molecule has 1 amide bonds. The van der Waals surface area contributed by atoms with E-state index in [1.54, 1.807) is 64.5 Å². The average molecular weight is 383 g/mol. The molecular weight excluding hydrogens is 358 g/mol. The zero-order valence-corrected chi connectivity index (χ0v) is 16.8. The van der Waals surface area contributed by atoms with Gasteiger partial charge in [-0.2, -0.15) is 0 Å². The van der Waals surface area contributed by atoms with Gasteiger partial charge in [0.1, 0.15) is 5.60 Å². The van der Waals surface area contributed by atoms with Crippen LogP contribution in [-0.2, 0) is 6.54 Å². The predicted molar refractivity (Wildman–Crippen MR) is 107 cm³/mol. The SMILES string of the molecule is COc1cc(CNC(=O)c2ccc(C#CC(C)(C)O)cc2)cc(OC)c1OC. The summed E-state index contributed by atoms with van der Waals surface area (Å²) >= 11 is 0. The number of aliphatic hydroxyl groups is 1. The van der Waals surface area contributed by atoms with Crippen LogP contribution < -0.4 is 19.5 Å². The lowest BCUT2D eigenvalue weighted by atomic mass is 10.1. The summed E-state index contributed by atoms with van der Waals surface area (Å²) in [6, 6.07) is 10.5. The van der Waals surface area contributed by atoms with Crippen molar-refractivity contribution in [3.05, 3.63) is 53.1 Å². The Morgan fingerprint density at radius 1 is 1.04 bits per heavy atom. The molecule has 0 saturated carbocycles. The fraction of sp³-hybridized carbons (Fsp3) is 0.318. The maximum atomic E-state index is 12.4. The largest absolute Gasteiger partial charge is 0.493 e. The van der Waals surface area contributed by atoms with Gasteiger partial charge in [0, 0.05) is 17.7 Å². The van der Waals surface area contributed by atoms with Crippen molar-refractivity contribution in [3.63, 3.8) is 0 Å². The molecule has 0 aliphatic rings. The molecule has 0 fully saturated rings. The number of ether oxygens (including phenoxy) is 3. The summed E-state index contributed by atoms with van der Waals surface area (Å²) in [5.41, 5.74) is 0.997. The predicted octanol–water partition coefficient (Wildman–Crippen LogP) is 2.76. The number of nitrogens with one attached hydrogen (secondary N) is 1. The molecule has 0 aliphatic heterocycles. The third-order valence-electron chi connectivity index (χ3n) is 3.84. The van der Waals surface area contributed by atoms with Crippen LogP contribution in [0, 0.1) is 11.8 Å². The van der Waals surface area contributed by atoms with E-state index in [9.17, 15) is 9.90 Å². The van der Waals surface area contributed by atoms with Crippen molar-refractivity contribution in [3.8, 4) is 29.1 Å². The summed E-state index contributed by atoms with van der Waals surface area (Å²) in [7, 11) is 4.63. The molecule has 0 spiro atoms. The number of amides is 1. The van der Waals surface area contributed by atoms with Gasteiger partial charge < -0.3 is 24.6 Å². The van der Waals surface area contributed by atoms with Gasteiger partial charge in [0.05, 0.1) is 21.3 Å². The van der Waals surface area contributed by atoms with Crippen LogP contribution in [0.5, 0.6) is 17.2 Å². The second kappa shape index (κ2) is 9.16. The number of carbonyl (C=O) groups excluding carboxylic acids is 1. The summed E-state index contributed by atoms with van der Waals surface area (Å²) in [5, 5.41) is 12.5. The van der Waals surface area contributed by atoms with Crippen LogP contribution in [0.2, 0.25) is 0 Å². The summed E-state index contributed by atoms with van der Waals surface area (Å²) in [6.45, 7) is 3.53. The van der Waals surface area contributed by atoms with E-state index in [1.807, 2.05) is 0 Å². The van der Waals surface area contributed by atoms with Crippen LogP contribution >= 0.6 is 0 Å². The molecule has 6 heteroatoms. The summed E-state index contributed by atoms with van der Waals surface area (Å²) in [5.74, 6) is 6.96. The first-order chi connectivity index (χ1) is 13.3. The third kappa shape index (κ3) is 5.66. The lowest BCUT2D eigenvalue weighted by molar-refractivity contribution is 0.0950. The van der Waals surface area contributed by atoms with Crippen molar-refractivity contribution >= 4 is 5.91 Å². The molecule has 6 nitrogen and oxygen atoms in total. The molecule has 2 aromatic rings. The molecule has 28 heavy (non-hydrogen) atoms. The zero-order chi connectivity index (χ0) is 20.7. The molecule has 0 radical (unpaired) electrons. The lowest BCUT2D eigenvalue weighted by Gasteiger charge is -2.14. The molecule has 0 unspecified atom stereocenters. The van der Waals surface area contributed by atoms with E-state index in [1.165, 1.54) is 7.11 Å². The van der Waals surface area contributed by atoms with E-state index in [2.05, 4.69) is 17.2 Å². The Hall–Kier alpha value is -3.17. The van der Waals surface area contributed by atoms with E-state index in [0.717, 1.165) is 11.1 Å². The molecule has 2 aromatic carbocycles. The van der Waals surface area contributed by atoms with Crippen molar-refractivity contribution in [2.24, 2.45) is 0 Å². The molecule has 0 atom stereocenters. The van der Waals surface area contributed by atoms with Gasteiger partial charge in [0.25, 0.3) is 5.91 Å². The minimum atomic E-state index is -1.06. The van der Waals surface area contributed by atoms with Crippen LogP contribution in [0.1, 0.15) is 35.3 Å². The van der Waals surface area contributed by atoms with Gasteiger partial charge in [-0.3, -0.25) is 4.79 Å². The van der Waals surface area contributed by atoms with Crippen molar-refractivity contribution in [2.45, 2.75) is 26.0 Å². The Balaban J connectivity index is 2.08. The summed E-state index contributed by atoms with van der Waals surface area (Å²) in [6.07, 6.45) is 0. The number of hydrogen-bond acceptors (Lipinski definition) is 5. The molecule has 0 aromatic heterocycles. The number of benzene rings is 2. The van der Waals surface area contributed by atoms with Gasteiger partial charge >= 0.3 is 0 Å². The topological polar surface area (TPSA) is 77.0 Å². The Morgan fingerprint density at radius 2 is 1.61 bits per heavy atom. The number of hydrogen-bond donors (Lipinski definition) is 2. The van der Waals surface area contributed by atoms with Crippen LogP contribution in [0.3, 0.4) is 0 Å². The maximum Gasteiger partial charge on any atom is 0.251 e. The highest BCUT2D eigenvalue weighted by atomic mass is 16.5. The minimum absolute atomic E-state index is 0.212. The Morgan fingerprint density at radius 3 is 2.07 bits per heavy atom. The molecule has 2 N–H and O–H groups in total. The molecule has 2 rings (SSSR count). The fourth-order valence-electron chi connectivity index (χ4n) is 2.45. The average Bonchev–Trinajstić information content (AvgIpc) is 2.69. The zero-order valence-electron chi connectivity index (χ0n) is 16.8. The normalized spacial score (nSPS) is 10.5. The summed E-state index contributed by atoms with van der Waals surface area (Å²) in [4.78, 5) is 12.4. The van der Waals surface area contributed by atoms with Gasteiger partial charge in [0.2, 0.25) is 5.75 Å². The quantitative estimate of drug-likeness (QED) is 0.750. The smallest absolute Gasteiger partial charge is 0.251 e. The second-order valence-electron chi connectivity index (χ2n) is 6.60. The molecule has 0 saturated heterocycles. The Bertz CT molecular complexity index is 861. The van der Waals surface area contributed by atoms with Crippen LogP contribution in [0.25, 0.3) is 0 Å². The number of carbonyl (C=O) groups is 1. The van der Waals surface area contributed by atoms with E-state index in [0.29, 0.717) is 29.4 Å². The van der Waals surface area contributed by atoms with Crippen LogP contribution in [-0.4, -0.2) is 37.9 Å². The second-order valence-corrected chi connectivity index (χ2v) is 6.60. The third-order valence-corrected chi connectivity index (χ3v) is 3.84. The maximum absolute atomic E-state index is 12.4. The first-order valence-corrected chi connectivity index (χ1v) is 8.70. The fourth-order valence-corrected chi connectivity index (χ4v) is 2.45. The Kier molecular flexibility index (Phi) is 6.91. The number of methoxy groups -OCH3 is 3. The van der Waals surface area contributed by atoms with Crippen molar-refractivity contribution < 1.29 is 24.1 Å². The van der Waals surface area contributed by atoms with Gasteiger partial charge in [-0.1, -0.05) is 11.8 Å². The first kappa shape index (κ1) is 21.1.